The highest BCUT2D eigenvalue weighted by atomic mass is 35.5. The van der Waals surface area contributed by atoms with Crippen molar-refractivity contribution in [2.24, 2.45) is 0 Å². The lowest BCUT2D eigenvalue weighted by Gasteiger charge is -2.08. The second kappa shape index (κ2) is 8.03. The minimum Gasteiger partial charge on any atom is -0.439 e. The number of non-ortho nitro benzene ring substituents is 1. The van der Waals surface area contributed by atoms with Crippen molar-refractivity contribution in [1.82, 2.24) is 4.98 Å². The summed E-state index contributed by atoms with van der Waals surface area (Å²) in [5, 5.41) is 13.9. The Morgan fingerprint density at radius 2 is 1.81 bits per heavy atom. The highest BCUT2D eigenvalue weighted by molar-refractivity contribution is 6.34. The number of anilines is 1. The van der Waals surface area contributed by atoms with Gasteiger partial charge in [-0.05, 0) is 36.4 Å². The molecule has 0 bridgehead atoms. The summed E-state index contributed by atoms with van der Waals surface area (Å²) in [4.78, 5) is 26.6. The number of nitro benzene ring substituents is 1. The lowest BCUT2D eigenvalue weighted by molar-refractivity contribution is -0.384. The standard InChI is InChI=1S/C18H11Cl2N3O4/c19-15-9-6-12(23(25)26)10-14(15)18(24)21-11-4-7-13(8-5-11)27-17-3-1-2-16(20)22-17/h1-10H,(H,21,24). The number of carbonyl (C=O) groups is 1. The van der Waals surface area contributed by atoms with E-state index in [1.165, 1.54) is 12.1 Å². The van der Waals surface area contributed by atoms with Gasteiger partial charge in [0, 0.05) is 23.9 Å². The molecule has 1 aromatic heterocycles. The molecule has 0 atom stereocenters. The number of carbonyl (C=O) groups excluding carboxylic acids is 1. The summed E-state index contributed by atoms with van der Waals surface area (Å²) in [5.41, 5.74) is 0.255. The first-order valence-corrected chi connectivity index (χ1v) is 8.34. The molecule has 1 heterocycles. The van der Waals surface area contributed by atoms with Gasteiger partial charge in [-0.1, -0.05) is 29.3 Å². The van der Waals surface area contributed by atoms with E-state index in [-0.39, 0.29) is 16.3 Å². The first kappa shape index (κ1) is 18.6. The molecule has 1 amide bonds. The average Bonchev–Trinajstić information content (AvgIpc) is 2.63. The van der Waals surface area contributed by atoms with Crippen LogP contribution < -0.4 is 10.1 Å². The molecule has 136 valence electrons. The number of rotatable bonds is 5. The summed E-state index contributed by atoms with van der Waals surface area (Å²) in [6.07, 6.45) is 0. The van der Waals surface area contributed by atoms with Gasteiger partial charge in [-0.2, -0.15) is 0 Å². The molecule has 0 saturated heterocycles. The molecule has 0 fully saturated rings. The van der Waals surface area contributed by atoms with Gasteiger partial charge in [0.05, 0.1) is 15.5 Å². The molecule has 27 heavy (non-hydrogen) atoms. The second-order valence-electron chi connectivity index (χ2n) is 5.30. The minimum absolute atomic E-state index is 0.00863. The maximum absolute atomic E-state index is 12.3. The summed E-state index contributed by atoms with van der Waals surface area (Å²) in [5.74, 6) is 0.271. The molecular formula is C18H11Cl2N3O4. The number of halogens is 2. The van der Waals surface area contributed by atoms with Crippen LogP contribution in [0.15, 0.2) is 60.7 Å². The van der Waals surface area contributed by atoms with Crippen LogP contribution in [-0.4, -0.2) is 15.8 Å². The molecule has 0 saturated carbocycles. The molecule has 0 aliphatic rings. The molecule has 3 rings (SSSR count). The molecule has 2 aromatic carbocycles. The Morgan fingerprint density at radius 3 is 2.48 bits per heavy atom. The Bertz CT molecular complexity index is 1010. The molecule has 9 heteroatoms. The van der Waals surface area contributed by atoms with Crippen LogP contribution in [0.5, 0.6) is 11.6 Å². The van der Waals surface area contributed by atoms with Gasteiger partial charge in [0.25, 0.3) is 11.6 Å². The zero-order chi connectivity index (χ0) is 19.4. The molecule has 0 spiro atoms. The Kier molecular flexibility index (Phi) is 5.54. The number of ether oxygens (including phenoxy) is 1. The molecule has 0 unspecified atom stereocenters. The molecule has 0 aliphatic carbocycles. The summed E-state index contributed by atoms with van der Waals surface area (Å²) < 4.78 is 5.56. The number of pyridine rings is 1. The van der Waals surface area contributed by atoms with Crippen LogP contribution in [-0.2, 0) is 0 Å². The normalized spacial score (nSPS) is 10.3. The molecule has 3 aromatic rings. The van der Waals surface area contributed by atoms with E-state index < -0.39 is 10.8 Å². The van der Waals surface area contributed by atoms with Gasteiger partial charge in [-0.3, -0.25) is 14.9 Å². The van der Waals surface area contributed by atoms with Crippen molar-refractivity contribution in [1.29, 1.82) is 0 Å². The van der Waals surface area contributed by atoms with Crippen LogP contribution >= 0.6 is 23.2 Å². The number of aromatic nitrogens is 1. The largest absolute Gasteiger partial charge is 0.439 e. The van der Waals surface area contributed by atoms with Gasteiger partial charge in [0.15, 0.2) is 0 Å². The SMILES string of the molecule is O=C(Nc1ccc(Oc2cccc(Cl)n2)cc1)c1cc([N+](=O)[O-])ccc1Cl. The lowest BCUT2D eigenvalue weighted by Crippen LogP contribution is -2.12. The number of amides is 1. The Morgan fingerprint density at radius 1 is 1.07 bits per heavy atom. The number of benzene rings is 2. The van der Waals surface area contributed by atoms with Gasteiger partial charge in [-0.15, -0.1) is 0 Å². The van der Waals surface area contributed by atoms with Crippen LogP contribution in [0.2, 0.25) is 10.2 Å². The van der Waals surface area contributed by atoms with Crippen LogP contribution in [0.3, 0.4) is 0 Å². The number of nitrogens with zero attached hydrogens (tertiary/aromatic N) is 2. The summed E-state index contributed by atoms with van der Waals surface area (Å²) in [6, 6.07) is 15.2. The fourth-order valence-corrected chi connectivity index (χ4v) is 2.53. The van der Waals surface area contributed by atoms with E-state index in [9.17, 15) is 14.9 Å². The zero-order valence-electron chi connectivity index (χ0n) is 13.6. The fourth-order valence-electron chi connectivity index (χ4n) is 2.17. The van der Waals surface area contributed by atoms with Gasteiger partial charge in [0.1, 0.15) is 10.9 Å². The van der Waals surface area contributed by atoms with Gasteiger partial charge in [-0.25, -0.2) is 4.98 Å². The first-order valence-electron chi connectivity index (χ1n) is 7.58. The van der Waals surface area contributed by atoms with Crippen molar-refractivity contribution >= 4 is 40.5 Å². The van der Waals surface area contributed by atoms with E-state index in [2.05, 4.69) is 10.3 Å². The van der Waals surface area contributed by atoms with E-state index in [0.29, 0.717) is 22.5 Å². The predicted molar refractivity (Wildman–Crippen MR) is 102 cm³/mol. The topological polar surface area (TPSA) is 94.4 Å². The van der Waals surface area contributed by atoms with E-state index in [1.807, 2.05) is 0 Å². The number of nitro groups is 1. The Balaban J connectivity index is 1.72. The van der Waals surface area contributed by atoms with Crippen molar-refractivity contribution in [2.45, 2.75) is 0 Å². The van der Waals surface area contributed by atoms with Crippen LogP contribution in [0.25, 0.3) is 0 Å². The fraction of sp³-hybridized carbons (Fsp3) is 0. The number of hydrogen-bond donors (Lipinski definition) is 1. The summed E-state index contributed by atoms with van der Waals surface area (Å²) >= 11 is 11.8. The van der Waals surface area contributed by atoms with Gasteiger partial charge < -0.3 is 10.1 Å². The van der Waals surface area contributed by atoms with Crippen LogP contribution in [0.4, 0.5) is 11.4 Å². The summed E-state index contributed by atoms with van der Waals surface area (Å²) in [7, 11) is 0. The Hall–Kier alpha value is -3.16. The van der Waals surface area contributed by atoms with Crippen molar-refractivity contribution in [2.75, 3.05) is 5.32 Å². The lowest BCUT2D eigenvalue weighted by atomic mass is 10.2. The molecular weight excluding hydrogens is 393 g/mol. The first-order chi connectivity index (χ1) is 12.9. The third kappa shape index (κ3) is 4.72. The quantitative estimate of drug-likeness (QED) is 0.352. The van der Waals surface area contributed by atoms with Crippen molar-refractivity contribution in [3.63, 3.8) is 0 Å². The number of nitrogens with one attached hydrogen (secondary N) is 1. The molecule has 7 nitrogen and oxygen atoms in total. The van der Waals surface area contributed by atoms with Gasteiger partial charge in [0.2, 0.25) is 5.88 Å². The molecule has 1 N–H and O–H groups in total. The average molecular weight is 404 g/mol. The van der Waals surface area contributed by atoms with E-state index in [0.717, 1.165) is 6.07 Å². The van der Waals surface area contributed by atoms with E-state index in [1.54, 1.807) is 42.5 Å². The second-order valence-corrected chi connectivity index (χ2v) is 6.09. The Labute approximate surface area is 163 Å². The van der Waals surface area contributed by atoms with Crippen molar-refractivity contribution < 1.29 is 14.5 Å². The maximum atomic E-state index is 12.3. The van der Waals surface area contributed by atoms with Crippen LogP contribution in [0, 0.1) is 10.1 Å². The van der Waals surface area contributed by atoms with E-state index in [4.69, 9.17) is 27.9 Å². The minimum atomic E-state index is -0.594. The van der Waals surface area contributed by atoms with Crippen molar-refractivity contribution in [3.8, 4) is 11.6 Å². The third-order valence-electron chi connectivity index (χ3n) is 3.43. The molecule has 0 radical (unpaired) electrons. The zero-order valence-corrected chi connectivity index (χ0v) is 15.1. The third-order valence-corrected chi connectivity index (χ3v) is 3.97. The molecule has 0 aliphatic heterocycles. The highest BCUT2D eigenvalue weighted by Crippen LogP contribution is 2.25. The van der Waals surface area contributed by atoms with Crippen LogP contribution in [0.1, 0.15) is 10.4 Å². The monoisotopic (exact) mass is 403 g/mol. The van der Waals surface area contributed by atoms with E-state index >= 15 is 0 Å². The smallest absolute Gasteiger partial charge is 0.270 e. The maximum Gasteiger partial charge on any atom is 0.270 e. The summed E-state index contributed by atoms with van der Waals surface area (Å²) in [6.45, 7) is 0. The highest BCUT2D eigenvalue weighted by Gasteiger charge is 2.16. The predicted octanol–water partition coefficient (Wildman–Crippen LogP) is 5.34. The number of hydrogen-bond acceptors (Lipinski definition) is 5. The van der Waals surface area contributed by atoms with Crippen molar-refractivity contribution in [3.05, 3.63) is 86.5 Å². The van der Waals surface area contributed by atoms with Gasteiger partial charge >= 0.3 is 0 Å².